The third-order valence-corrected chi connectivity index (χ3v) is 4.23. The number of hydrogen-bond donors (Lipinski definition) is 0. The number of carbonyl (C=O) groups is 1. The molecule has 6 nitrogen and oxygen atoms in total. The predicted molar refractivity (Wildman–Crippen MR) is 90.7 cm³/mol. The highest BCUT2D eigenvalue weighted by molar-refractivity contribution is 7.99. The van der Waals surface area contributed by atoms with Crippen LogP contribution in [-0.2, 0) is 11.3 Å². The average Bonchev–Trinajstić information content (AvgIpc) is 3.23. The van der Waals surface area contributed by atoms with Gasteiger partial charge in [-0.15, -0.1) is 10.2 Å². The topological polar surface area (TPSA) is 72.4 Å². The Morgan fingerprint density at radius 2 is 2.17 bits per heavy atom. The minimum Gasteiger partial charge on any atom is -0.459 e. The minimum absolute atomic E-state index is 0.0438. The van der Waals surface area contributed by atoms with Crippen LogP contribution in [-0.4, -0.2) is 33.8 Å². The maximum absolute atomic E-state index is 12.2. The van der Waals surface area contributed by atoms with Gasteiger partial charge in [-0.05, 0) is 29.8 Å². The molecule has 0 saturated carbocycles. The molecule has 0 aliphatic carbocycles. The molecule has 2 heterocycles. The number of furan rings is 1. The number of amides is 1. The van der Waals surface area contributed by atoms with Crippen LogP contribution >= 0.6 is 23.4 Å². The van der Waals surface area contributed by atoms with Gasteiger partial charge in [0.2, 0.25) is 5.91 Å². The van der Waals surface area contributed by atoms with Crippen LogP contribution in [0.25, 0.3) is 11.7 Å². The van der Waals surface area contributed by atoms with Gasteiger partial charge in [0.05, 0.1) is 12.0 Å². The number of thioether (sulfide) groups is 1. The number of aromatic nitrogens is 2. The van der Waals surface area contributed by atoms with Crippen molar-refractivity contribution >= 4 is 29.3 Å². The quantitative estimate of drug-likeness (QED) is 0.621. The molecule has 0 saturated heterocycles. The number of halogens is 1. The van der Waals surface area contributed by atoms with Gasteiger partial charge >= 0.3 is 0 Å². The Kier molecular flexibility index (Phi) is 5.22. The molecule has 1 amide bonds. The molecular weight excluding hydrogens is 350 g/mol. The first-order valence-corrected chi connectivity index (χ1v) is 8.47. The normalized spacial score (nSPS) is 10.8. The van der Waals surface area contributed by atoms with Crippen LogP contribution in [0.2, 0.25) is 5.02 Å². The first-order valence-electron chi connectivity index (χ1n) is 7.10. The second-order valence-electron chi connectivity index (χ2n) is 5.02. The van der Waals surface area contributed by atoms with Crippen LogP contribution in [0.1, 0.15) is 5.56 Å². The maximum Gasteiger partial charge on any atom is 0.284 e. The van der Waals surface area contributed by atoms with Crippen molar-refractivity contribution in [3.63, 3.8) is 0 Å². The summed E-state index contributed by atoms with van der Waals surface area (Å²) >= 11 is 7.14. The molecule has 0 spiro atoms. The van der Waals surface area contributed by atoms with E-state index in [1.165, 1.54) is 18.0 Å². The Balaban J connectivity index is 1.53. The second kappa shape index (κ2) is 7.55. The number of hydrogen-bond acceptors (Lipinski definition) is 6. The van der Waals surface area contributed by atoms with Crippen molar-refractivity contribution < 1.29 is 13.6 Å². The number of benzene rings is 1. The maximum atomic E-state index is 12.2. The molecule has 1 aromatic carbocycles. The van der Waals surface area contributed by atoms with Gasteiger partial charge in [-0.2, -0.15) is 0 Å². The SMILES string of the molecule is CN(Cc1cccc(Cl)c1)C(=O)CSc1nnc(-c2ccco2)o1. The summed E-state index contributed by atoms with van der Waals surface area (Å²) in [5.41, 5.74) is 0.973. The Bertz CT molecular complexity index is 820. The number of nitrogens with zero attached hydrogens (tertiary/aromatic N) is 3. The van der Waals surface area contributed by atoms with Crippen molar-refractivity contribution in [1.29, 1.82) is 0 Å². The molecule has 8 heteroatoms. The summed E-state index contributed by atoms with van der Waals surface area (Å²) in [5.74, 6) is 0.954. The van der Waals surface area contributed by atoms with E-state index in [4.69, 9.17) is 20.4 Å². The van der Waals surface area contributed by atoms with Crippen molar-refractivity contribution in [2.75, 3.05) is 12.8 Å². The molecular formula is C16H14ClN3O3S. The van der Waals surface area contributed by atoms with Gasteiger partial charge in [0, 0.05) is 18.6 Å². The molecule has 24 heavy (non-hydrogen) atoms. The fourth-order valence-electron chi connectivity index (χ4n) is 2.00. The summed E-state index contributed by atoms with van der Waals surface area (Å²) in [6.45, 7) is 0.488. The van der Waals surface area contributed by atoms with Gasteiger partial charge < -0.3 is 13.7 Å². The fraction of sp³-hybridized carbons (Fsp3) is 0.188. The first-order chi connectivity index (χ1) is 11.6. The van der Waals surface area contributed by atoms with E-state index < -0.39 is 0 Å². The third kappa shape index (κ3) is 4.18. The number of rotatable bonds is 6. The van der Waals surface area contributed by atoms with Crippen LogP contribution in [0.5, 0.6) is 0 Å². The lowest BCUT2D eigenvalue weighted by atomic mass is 10.2. The average molecular weight is 364 g/mol. The lowest BCUT2D eigenvalue weighted by molar-refractivity contribution is -0.127. The van der Waals surface area contributed by atoms with Gasteiger partial charge in [0.25, 0.3) is 11.1 Å². The van der Waals surface area contributed by atoms with Gasteiger partial charge in [-0.3, -0.25) is 4.79 Å². The van der Waals surface area contributed by atoms with Gasteiger partial charge in [0.1, 0.15) is 0 Å². The Labute approximate surface area is 147 Å². The van der Waals surface area contributed by atoms with E-state index in [1.807, 2.05) is 18.2 Å². The first kappa shape index (κ1) is 16.6. The molecule has 124 valence electrons. The zero-order chi connectivity index (χ0) is 16.9. The van der Waals surface area contributed by atoms with E-state index in [0.29, 0.717) is 28.4 Å². The highest BCUT2D eigenvalue weighted by Gasteiger charge is 2.15. The summed E-state index contributed by atoms with van der Waals surface area (Å²) in [4.78, 5) is 13.8. The van der Waals surface area contributed by atoms with E-state index in [0.717, 1.165) is 5.56 Å². The molecule has 3 aromatic rings. The van der Waals surface area contributed by atoms with Crippen molar-refractivity contribution in [3.8, 4) is 11.7 Å². The van der Waals surface area contributed by atoms with Crippen molar-refractivity contribution in [3.05, 3.63) is 53.2 Å². The lowest BCUT2D eigenvalue weighted by Crippen LogP contribution is -2.27. The van der Waals surface area contributed by atoms with Crippen molar-refractivity contribution in [1.82, 2.24) is 15.1 Å². The largest absolute Gasteiger partial charge is 0.459 e. The molecule has 0 aliphatic rings. The molecule has 0 N–H and O–H groups in total. The Hall–Kier alpha value is -2.25. The Morgan fingerprint density at radius 1 is 1.29 bits per heavy atom. The highest BCUT2D eigenvalue weighted by atomic mass is 35.5. The molecule has 2 aromatic heterocycles. The Morgan fingerprint density at radius 3 is 2.92 bits per heavy atom. The number of carbonyl (C=O) groups excluding carboxylic acids is 1. The highest BCUT2D eigenvalue weighted by Crippen LogP contribution is 2.23. The van der Waals surface area contributed by atoms with Gasteiger partial charge in [-0.25, -0.2) is 0 Å². The zero-order valence-electron chi connectivity index (χ0n) is 12.8. The summed E-state index contributed by atoms with van der Waals surface area (Å²) in [7, 11) is 1.74. The standard InChI is InChI=1S/C16H14ClN3O3S/c1-20(9-11-4-2-5-12(17)8-11)14(21)10-24-16-19-18-15(23-16)13-6-3-7-22-13/h2-8H,9-10H2,1H3. The molecule has 0 unspecified atom stereocenters. The van der Waals surface area contributed by atoms with E-state index in [2.05, 4.69) is 10.2 Å². The summed E-state index contributed by atoms with van der Waals surface area (Å²) in [5, 5.41) is 8.76. The predicted octanol–water partition coefficient (Wildman–Crippen LogP) is 3.73. The smallest absolute Gasteiger partial charge is 0.284 e. The molecule has 0 radical (unpaired) electrons. The minimum atomic E-state index is -0.0438. The van der Waals surface area contributed by atoms with Crippen LogP contribution in [0.3, 0.4) is 0 Å². The molecule has 0 fully saturated rings. The second-order valence-corrected chi connectivity index (χ2v) is 6.38. The van der Waals surface area contributed by atoms with Crippen LogP contribution in [0.15, 0.2) is 56.7 Å². The molecule has 3 rings (SSSR count). The van der Waals surface area contributed by atoms with E-state index >= 15 is 0 Å². The molecule has 0 atom stereocenters. The third-order valence-electron chi connectivity index (χ3n) is 3.19. The zero-order valence-corrected chi connectivity index (χ0v) is 14.4. The lowest BCUT2D eigenvalue weighted by Gasteiger charge is -2.16. The molecule has 0 aliphatic heterocycles. The summed E-state index contributed by atoms with van der Waals surface area (Å²) in [6, 6.07) is 10.9. The van der Waals surface area contributed by atoms with E-state index in [1.54, 1.807) is 30.1 Å². The van der Waals surface area contributed by atoms with E-state index in [9.17, 15) is 4.79 Å². The summed E-state index contributed by atoms with van der Waals surface area (Å²) in [6.07, 6.45) is 1.53. The summed E-state index contributed by atoms with van der Waals surface area (Å²) < 4.78 is 10.6. The molecule has 0 bridgehead atoms. The fourth-order valence-corrected chi connectivity index (χ4v) is 2.92. The van der Waals surface area contributed by atoms with Gasteiger partial charge in [0.15, 0.2) is 5.76 Å². The van der Waals surface area contributed by atoms with Crippen LogP contribution in [0, 0.1) is 0 Å². The van der Waals surface area contributed by atoms with Crippen molar-refractivity contribution in [2.24, 2.45) is 0 Å². The van der Waals surface area contributed by atoms with Crippen LogP contribution in [0.4, 0.5) is 0 Å². The van der Waals surface area contributed by atoms with Crippen molar-refractivity contribution in [2.45, 2.75) is 11.8 Å². The van der Waals surface area contributed by atoms with Gasteiger partial charge in [-0.1, -0.05) is 35.5 Å². The van der Waals surface area contributed by atoms with E-state index in [-0.39, 0.29) is 11.7 Å². The monoisotopic (exact) mass is 363 g/mol. The van der Waals surface area contributed by atoms with Crippen LogP contribution < -0.4 is 0 Å².